The first-order chi connectivity index (χ1) is 11.9. The third-order valence-electron chi connectivity index (χ3n) is 5.96. The molecule has 1 unspecified atom stereocenters. The van der Waals surface area contributed by atoms with Crippen LogP contribution in [0, 0.1) is 11.8 Å². The Morgan fingerprint density at radius 1 is 0.840 bits per heavy atom. The van der Waals surface area contributed by atoms with Gasteiger partial charge in [0.25, 0.3) is 0 Å². The summed E-state index contributed by atoms with van der Waals surface area (Å²) in [4.78, 5) is 0. The molecule has 1 fully saturated rings. The van der Waals surface area contributed by atoms with Crippen LogP contribution in [-0.4, -0.2) is 10.7 Å². The molecule has 0 bridgehead atoms. The van der Waals surface area contributed by atoms with E-state index in [9.17, 15) is 5.11 Å². The Labute approximate surface area is 160 Å². The fourth-order valence-corrected chi connectivity index (χ4v) is 4.48. The van der Waals surface area contributed by atoms with Gasteiger partial charge in [-0.25, -0.2) is 0 Å². The van der Waals surface area contributed by atoms with Crippen LogP contribution >= 0.6 is 23.2 Å². The van der Waals surface area contributed by atoms with Crippen molar-refractivity contribution in [3.8, 4) is 0 Å². The monoisotopic (exact) mass is 377 g/mol. The van der Waals surface area contributed by atoms with Crippen molar-refractivity contribution in [1.82, 2.24) is 5.32 Å². The summed E-state index contributed by atoms with van der Waals surface area (Å²) < 4.78 is 0. The first kappa shape index (κ1) is 18.7. The van der Waals surface area contributed by atoms with E-state index in [2.05, 4.69) is 26.1 Å². The molecule has 2 aromatic rings. The van der Waals surface area contributed by atoms with Crippen molar-refractivity contribution in [3.63, 3.8) is 0 Å². The second kappa shape index (κ2) is 7.28. The van der Waals surface area contributed by atoms with Crippen LogP contribution in [0.2, 0.25) is 10.0 Å². The maximum Gasteiger partial charge on any atom is 0.0732 e. The summed E-state index contributed by atoms with van der Waals surface area (Å²) in [6.07, 6.45) is 0.713. The van der Waals surface area contributed by atoms with E-state index >= 15 is 0 Å². The maximum absolute atomic E-state index is 11.5. The van der Waals surface area contributed by atoms with Gasteiger partial charge in [0.05, 0.1) is 5.60 Å². The number of rotatable bonds is 3. The molecule has 5 atom stereocenters. The van der Waals surface area contributed by atoms with Gasteiger partial charge in [0.1, 0.15) is 0 Å². The molecule has 134 valence electrons. The molecule has 1 saturated heterocycles. The van der Waals surface area contributed by atoms with E-state index in [-0.39, 0.29) is 23.9 Å². The Hall–Kier alpha value is -1.06. The highest BCUT2D eigenvalue weighted by molar-refractivity contribution is 6.30. The summed E-state index contributed by atoms with van der Waals surface area (Å²) in [7, 11) is 0. The lowest BCUT2D eigenvalue weighted by Gasteiger charge is -2.52. The summed E-state index contributed by atoms with van der Waals surface area (Å²) in [5, 5.41) is 16.7. The summed E-state index contributed by atoms with van der Waals surface area (Å²) in [5.41, 5.74) is 1.55. The Morgan fingerprint density at radius 3 is 1.52 bits per heavy atom. The van der Waals surface area contributed by atoms with Gasteiger partial charge in [0, 0.05) is 34.0 Å². The highest BCUT2D eigenvalue weighted by atomic mass is 35.5. The SMILES string of the molecule is CCC1(O)[C@@H](C)[C@@H](c2ccc(Cl)cc2)N[C@@H](c2ccc(Cl)cc2)[C@@H]1C. The van der Waals surface area contributed by atoms with Gasteiger partial charge in [-0.05, 0) is 41.8 Å². The minimum Gasteiger partial charge on any atom is -0.389 e. The Bertz CT molecular complexity index is 656. The molecule has 1 aliphatic heterocycles. The Balaban J connectivity index is 2.01. The fourth-order valence-electron chi connectivity index (χ4n) is 4.23. The lowest BCUT2D eigenvalue weighted by molar-refractivity contribution is -0.113. The van der Waals surface area contributed by atoms with Crippen molar-refractivity contribution >= 4 is 23.2 Å². The molecule has 0 radical (unpaired) electrons. The predicted molar refractivity (Wildman–Crippen MR) is 105 cm³/mol. The zero-order valence-electron chi connectivity index (χ0n) is 14.8. The fraction of sp³-hybridized carbons (Fsp3) is 0.429. The molecule has 1 aliphatic rings. The molecule has 1 heterocycles. The molecule has 0 spiro atoms. The topological polar surface area (TPSA) is 32.3 Å². The summed E-state index contributed by atoms with van der Waals surface area (Å²) >= 11 is 12.1. The standard InChI is InChI=1S/C21H25Cl2NO/c1-4-21(25)13(2)19(15-5-9-17(22)10-6-15)24-20(14(21)3)16-7-11-18(23)12-8-16/h5-14,19-20,24-25H,4H2,1-3H3/t13-,14-,19-,20+,21?/m0/s1. The van der Waals surface area contributed by atoms with Crippen LogP contribution in [0.4, 0.5) is 0 Å². The van der Waals surface area contributed by atoms with E-state index in [1.807, 2.05) is 48.5 Å². The number of hydrogen-bond acceptors (Lipinski definition) is 2. The van der Waals surface area contributed by atoms with E-state index in [1.165, 1.54) is 0 Å². The van der Waals surface area contributed by atoms with Gasteiger partial charge in [-0.1, -0.05) is 68.2 Å². The van der Waals surface area contributed by atoms with E-state index in [4.69, 9.17) is 23.2 Å². The molecule has 2 nitrogen and oxygen atoms in total. The summed E-state index contributed by atoms with van der Waals surface area (Å²) in [6, 6.07) is 15.9. The molecular formula is C21H25Cl2NO. The molecule has 0 aliphatic carbocycles. The molecule has 0 aromatic heterocycles. The van der Waals surface area contributed by atoms with Crippen molar-refractivity contribution in [2.75, 3.05) is 0 Å². The Morgan fingerprint density at radius 2 is 1.20 bits per heavy atom. The smallest absolute Gasteiger partial charge is 0.0732 e. The summed E-state index contributed by atoms with van der Waals surface area (Å²) in [6.45, 7) is 6.32. The molecule has 2 aromatic carbocycles. The summed E-state index contributed by atoms with van der Waals surface area (Å²) in [5.74, 6) is 0.162. The van der Waals surface area contributed by atoms with Crippen LogP contribution in [-0.2, 0) is 0 Å². The second-order valence-corrected chi connectivity index (χ2v) is 8.02. The van der Waals surface area contributed by atoms with Crippen molar-refractivity contribution < 1.29 is 5.11 Å². The van der Waals surface area contributed by atoms with Crippen molar-refractivity contribution in [2.24, 2.45) is 11.8 Å². The van der Waals surface area contributed by atoms with Crippen LogP contribution in [0.15, 0.2) is 48.5 Å². The first-order valence-electron chi connectivity index (χ1n) is 8.86. The number of nitrogens with one attached hydrogen (secondary N) is 1. The molecule has 0 saturated carbocycles. The average molecular weight is 378 g/mol. The molecule has 2 N–H and O–H groups in total. The number of halogens is 2. The van der Waals surface area contributed by atoms with Crippen LogP contribution in [0.3, 0.4) is 0 Å². The number of aliphatic hydroxyl groups is 1. The lowest BCUT2D eigenvalue weighted by atomic mass is 9.65. The van der Waals surface area contributed by atoms with Crippen LogP contribution in [0.1, 0.15) is 50.4 Å². The van der Waals surface area contributed by atoms with Crippen molar-refractivity contribution in [2.45, 2.75) is 44.9 Å². The van der Waals surface area contributed by atoms with Crippen LogP contribution in [0.5, 0.6) is 0 Å². The van der Waals surface area contributed by atoms with Gasteiger partial charge >= 0.3 is 0 Å². The van der Waals surface area contributed by atoms with Gasteiger partial charge in [-0.3, -0.25) is 0 Å². The van der Waals surface area contributed by atoms with E-state index in [1.54, 1.807) is 0 Å². The highest BCUT2D eigenvalue weighted by Crippen LogP contribution is 2.48. The van der Waals surface area contributed by atoms with Gasteiger partial charge < -0.3 is 10.4 Å². The van der Waals surface area contributed by atoms with Gasteiger partial charge in [-0.2, -0.15) is 0 Å². The molecular weight excluding hydrogens is 353 g/mol. The van der Waals surface area contributed by atoms with E-state index in [0.29, 0.717) is 6.42 Å². The largest absolute Gasteiger partial charge is 0.389 e. The number of benzene rings is 2. The van der Waals surface area contributed by atoms with E-state index in [0.717, 1.165) is 21.2 Å². The highest BCUT2D eigenvalue weighted by Gasteiger charge is 2.49. The van der Waals surface area contributed by atoms with Gasteiger partial charge in [0.2, 0.25) is 0 Å². The van der Waals surface area contributed by atoms with Crippen molar-refractivity contribution in [1.29, 1.82) is 0 Å². The third kappa shape index (κ3) is 3.46. The number of hydrogen-bond donors (Lipinski definition) is 2. The second-order valence-electron chi connectivity index (χ2n) is 7.15. The van der Waals surface area contributed by atoms with Crippen LogP contribution in [0.25, 0.3) is 0 Å². The predicted octanol–water partition coefficient (Wildman–Crippen LogP) is 5.79. The van der Waals surface area contributed by atoms with Crippen LogP contribution < -0.4 is 5.32 Å². The molecule has 3 rings (SSSR count). The number of piperidine rings is 1. The zero-order valence-corrected chi connectivity index (χ0v) is 16.4. The Kier molecular flexibility index (Phi) is 5.45. The minimum absolute atomic E-state index is 0.0547. The molecule has 4 heteroatoms. The zero-order chi connectivity index (χ0) is 18.2. The van der Waals surface area contributed by atoms with Gasteiger partial charge in [-0.15, -0.1) is 0 Å². The minimum atomic E-state index is -0.750. The quantitative estimate of drug-likeness (QED) is 0.708. The van der Waals surface area contributed by atoms with Gasteiger partial charge in [0.15, 0.2) is 0 Å². The molecule has 0 amide bonds. The van der Waals surface area contributed by atoms with E-state index < -0.39 is 5.60 Å². The first-order valence-corrected chi connectivity index (χ1v) is 9.61. The normalized spacial score (nSPS) is 32.6. The maximum atomic E-state index is 11.5. The molecule has 25 heavy (non-hydrogen) atoms. The third-order valence-corrected chi connectivity index (χ3v) is 6.46. The van der Waals surface area contributed by atoms with Crippen molar-refractivity contribution in [3.05, 3.63) is 69.7 Å². The lowest BCUT2D eigenvalue weighted by Crippen LogP contribution is -2.57. The average Bonchev–Trinajstić information content (AvgIpc) is 2.62.